The highest BCUT2D eigenvalue weighted by Crippen LogP contribution is 2.39. The maximum atomic E-state index is 13.1. The summed E-state index contributed by atoms with van der Waals surface area (Å²) in [5, 5.41) is 5.66. The van der Waals surface area contributed by atoms with Crippen LogP contribution in [0.1, 0.15) is 35.7 Å². The van der Waals surface area contributed by atoms with Gasteiger partial charge in [0.15, 0.2) is 11.5 Å². The monoisotopic (exact) mass is 475 g/mol. The highest BCUT2D eigenvalue weighted by molar-refractivity contribution is 5.98. The fraction of sp³-hybridized carbons (Fsp3) is 0.440. The van der Waals surface area contributed by atoms with E-state index < -0.39 is 11.9 Å². The molecule has 2 aromatic rings. The Hall–Kier alpha value is -3.33. The van der Waals surface area contributed by atoms with Crippen LogP contribution in [0, 0.1) is 5.82 Å². The van der Waals surface area contributed by atoms with Gasteiger partial charge in [-0.2, -0.15) is 0 Å². The Morgan fingerprint density at radius 1 is 1.06 bits per heavy atom. The number of carbonyl (C=O) groups excluding carboxylic acids is 2. The second-order valence-corrected chi connectivity index (χ2v) is 8.03. The van der Waals surface area contributed by atoms with Crippen LogP contribution >= 0.6 is 0 Å². The molecule has 8 nitrogen and oxygen atoms in total. The molecular weight excluding hydrogens is 441 g/mol. The smallest absolute Gasteiger partial charge is 0.252 e. The molecule has 0 saturated heterocycles. The van der Waals surface area contributed by atoms with E-state index >= 15 is 0 Å². The molecule has 0 aliphatic carbocycles. The van der Waals surface area contributed by atoms with Crippen LogP contribution < -0.4 is 24.8 Å². The Labute approximate surface area is 200 Å². The minimum Gasteiger partial charge on any atom is -0.493 e. The van der Waals surface area contributed by atoms with Gasteiger partial charge in [-0.3, -0.25) is 9.59 Å². The average Bonchev–Trinajstić information content (AvgIpc) is 2.82. The molecule has 0 unspecified atom stereocenters. The van der Waals surface area contributed by atoms with Crippen molar-refractivity contribution in [1.82, 2.24) is 15.5 Å². The van der Waals surface area contributed by atoms with Crippen molar-refractivity contribution in [3.63, 3.8) is 0 Å². The van der Waals surface area contributed by atoms with E-state index in [1.54, 1.807) is 12.1 Å². The lowest BCUT2D eigenvalue weighted by atomic mass is 10.1. The Kier molecular flexibility index (Phi) is 10.6. The third-order valence-electron chi connectivity index (χ3n) is 5.08. The molecule has 0 radical (unpaired) electrons. The van der Waals surface area contributed by atoms with Gasteiger partial charge in [-0.1, -0.05) is 25.5 Å². The molecule has 0 aliphatic heterocycles. The Morgan fingerprint density at radius 2 is 1.68 bits per heavy atom. The third kappa shape index (κ3) is 7.91. The van der Waals surface area contributed by atoms with Crippen LogP contribution in [0.5, 0.6) is 17.2 Å². The topological polar surface area (TPSA) is 89.1 Å². The van der Waals surface area contributed by atoms with Crippen molar-refractivity contribution in [2.24, 2.45) is 0 Å². The van der Waals surface area contributed by atoms with E-state index in [9.17, 15) is 14.0 Å². The van der Waals surface area contributed by atoms with E-state index in [1.165, 1.54) is 38.5 Å². The van der Waals surface area contributed by atoms with E-state index in [0.29, 0.717) is 36.8 Å². The molecule has 0 aliphatic rings. The van der Waals surface area contributed by atoms with Gasteiger partial charge in [0.05, 0.1) is 14.2 Å². The number of hydrogen-bond donors (Lipinski definition) is 2. The lowest BCUT2D eigenvalue weighted by Gasteiger charge is -2.20. The number of ether oxygens (including phenoxy) is 3. The largest absolute Gasteiger partial charge is 0.493 e. The lowest BCUT2D eigenvalue weighted by molar-refractivity contribution is -0.123. The van der Waals surface area contributed by atoms with Gasteiger partial charge < -0.3 is 29.7 Å². The molecule has 2 aromatic carbocycles. The number of benzene rings is 2. The van der Waals surface area contributed by atoms with Gasteiger partial charge in [0.25, 0.3) is 5.91 Å². The number of likely N-dealkylation sites (N-methyl/N-ethyl adjacent to an activating group) is 1. The number of nitrogens with zero attached hydrogens (tertiary/aromatic N) is 1. The van der Waals surface area contributed by atoms with E-state index in [1.807, 2.05) is 25.9 Å². The summed E-state index contributed by atoms with van der Waals surface area (Å²) in [5.41, 5.74) is 1.03. The van der Waals surface area contributed by atoms with Crippen LogP contribution in [-0.2, 0) is 11.4 Å². The van der Waals surface area contributed by atoms with Crippen LogP contribution in [0.25, 0.3) is 0 Å². The quantitative estimate of drug-likeness (QED) is 0.463. The first-order valence-corrected chi connectivity index (χ1v) is 11.2. The molecule has 0 fully saturated rings. The summed E-state index contributed by atoms with van der Waals surface area (Å²) in [5.74, 6) is -0.0688. The minimum absolute atomic E-state index is 0.157. The number of amides is 2. The molecule has 0 bridgehead atoms. The van der Waals surface area contributed by atoms with E-state index in [2.05, 4.69) is 10.6 Å². The molecule has 2 amide bonds. The predicted molar refractivity (Wildman–Crippen MR) is 128 cm³/mol. The first kappa shape index (κ1) is 26.9. The zero-order valence-corrected chi connectivity index (χ0v) is 20.4. The summed E-state index contributed by atoms with van der Waals surface area (Å²) in [4.78, 5) is 27.5. The van der Waals surface area contributed by atoms with Gasteiger partial charge in [0, 0.05) is 18.7 Å². The molecular formula is C25H34FN3O5. The summed E-state index contributed by atoms with van der Waals surface area (Å²) in [7, 11) is 6.76. The number of halogens is 1. The SMILES string of the molecule is CCC[C@H](NC(=O)c1cc(OC)c(OCc2ccc(F)cc2)c(OC)c1)C(=O)NCCN(C)C. The molecule has 1 atom stereocenters. The summed E-state index contributed by atoms with van der Waals surface area (Å²) in [6, 6.07) is 8.34. The third-order valence-corrected chi connectivity index (χ3v) is 5.08. The lowest BCUT2D eigenvalue weighted by Crippen LogP contribution is -2.47. The van der Waals surface area contributed by atoms with Gasteiger partial charge >= 0.3 is 0 Å². The van der Waals surface area contributed by atoms with Crippen LogP contribution in [-0.4, -0.2) is 64.2 Å². The zero-order chi connectivity index (χ0) is 25.1. The molecule has 34 heavy (non-hydrogen) atoms. The molecule has 0 saturated carbocycles. The standard InChI is InChI=1S/C25H34FN3O5/c1-6-7-20(25(31)27-12-13-29(2)3)28-24(30)18-14-21(32-4)23(22(15-18)33-5)34-16-17-8-10-19(26)11-9-17/h8-11,14-15,20H,6-7,12-13,16H2,1-5H3,(H,27,31)(H,28,30)/t20-/m0/s1. The van der Waals surface area contributed by atoms with Crippen molar-refractivity contribution in [1.29, 1.82) is 0 Å². The minimum atomic E-state index is -0.661. The summed E-state index contributed by atoms with van der Waals surface area (Å²) >= 11 is 0. The normalized spacial score (nSPS) is 11.6. The number of carbonyl (C=O) groups is 2. The zero-order valence-electron chi connectivity index (χ0n) is 20.4. The summed E-state index contributed by atoms with van der Waals surface area (Å²) in [6.45, 7) is 3.30. The molecule has 0 spiro atoms. The summed E-state index contributed by atoms with van der Waals surface area (Å²) in [6.07, 6.45) is 1.24. The van der Waals surface area contributed by atoms with Crippen molar-refractivity contribution >= 4 is 11.8 Å². The Balaban J connectivity index is 2.17. The molecule has 9 heteroatoms. The van der Waals surface area contributed by atoms with Crippen LogP contribution in [0.3, 0.4) is 0 Å². The predicted octanol–water partition coefficient (Wildman–Crippen LogP) is 3.00. The maximum Gasteiger partial charge on any atom is 0.252 e. The van der Waals surface area contributed by atoms with E-state index in [4.69, 9.17) is 14.2 Å². The van der Waals surface area contributed by atoms with Crippen molar-refractivity contribution in [3.8, 4) is 17.2 Å². The Bertz CT molecular complexity index is 925. The first-order valence-electron chi connectivity index (χ1n) is 11.2. The molecule has 2 N–H and O–H groups in total. The first-order chi connectivity index (χ1) is 16.3. The fourth-order valence-electron chi connectivity index (χ4n) is 3.21. The maximum absolute atomic E-state index is 13.1. The molecule has 2 rings (SSSR count). The Morgan fingerprint density at radius 3 is 2.21 bits per heavy atom. The van der Waals surface area contributed by atoms with Gasteiger partial charge in [0.1, 0.15) is 18.5 Å². The van der Waals surface area contributed by atoms with Crippen LogP contribution in [0.15, 0.2) is 36.4 Å². The molecule has 0 heterocycles. The van der Waals surface area contributed by atoms with Crippen molar-refractivity contribution in [3.05, 3.63) is 53.3 Å². The van der Waals surface area contributed by atoms with Gasteiger partial charge in [-0.25, -0.2) is 4.39 Å². The van der Waals surface area contributed by atoms with E-state index in [0.717, 1.165) is 12.0 Å². The van der Waals surface area contributed by atoms with Crippen LogP contribution in [0.4, 0.5) is 4.39 Å². The second kappa shape index (κ2) is 13.4. The second-order valence-electron chi connectivity index (χ2n) is 8.03. The number of nitrogens with one attached hydrogen (secondary N) is 2. The van der Waals surface area contributed by atoms with E-state index in [-0.39, 0.29) is 23.9 Å². The molecule has 0 aromatic heterocycles. The van der Waals surface area contributed by atoms with Gasteiger partial charge in [0.2, 0.25) is 11.7 Å². The summed E-state index contributed by atoms with van der Waals surface area (Å²) < 4.78 is 29.9. The number of hydrogen-bond acceptors (Lipinski definition) is 6. The fourth-order valence-corrected chi connectivity index (χ4v) is 3.21. The van der Waals surface area contributed by atoms with Crippen molar-refractivity contribution in [2.45, 2.75) is 32.4 Å². The van der Waals surface area contributed by atoms with Crippen molar-refractivity contribution < 1.29 is 28.2 Å². The molecule has 186 valence electrons. The average molecular weight is 476 g/mol. The van der Waals surface area contributed by atoms with Crippen LogP contribution in [0.2, 0.25) is 0 Å². The number of rotatable bonds is 13. The highest BCUT2D eigenvalue weighted by atomic mass is 19.1. The van der Waals surface area contributed by atoms with Gasteiger partial charge in [-0.15, -0.1) is 0 Å². The highest BCUT2D eigenvalue weighted by Gasteiger charge is 2.23. The van der Waals surface area contributed by atoms with Gasteiger partial charge in [-0.05, 0) is 50.3 Å². The van der Waals surface area contributed by atoms with Crippen molar-refractivity contribution in [2.75, 3.05) is 41.4 Å². The number of methoxy groups -OCH3 is 2.